The number of hydrogen-bond donors (Lipinski definition) is 1. The van der Waals surface area contributed by atoms with Crippen LogP contribution in [0.25, 0.3) is 0 Å². The van der Waals surface area contributed by atoms with Crippen molar-refractivity contribution in [3.63, 3.8) is 0 Å². The summed E-state index contributed by atoms with van der Waals surface area (Å²) in [7, 11) is 0. The Balaban J connectivity index is 2.94. The molecular weight excluding hydrogens is 388 g/mol. The second kappa shape index (κ2) is 11.6. The first-order valence-electron chi connectivity index (χ1n) is 10.6. The zero-order chi connectivity index (χ0) is 23.7. The van der Waals surface area contributed by atoms with E-state index in [0.717, 1.165) is 23.0 Å². The molecule has 1 aliphatic carbocycles. The summed E-state index contributed by atoms with van der Waals surface area (Å²) in [4.78, 5) is 21.9. The van der Waals surface area contributed by atoms with Crippen LogP contribution in [0.4, 0.5) is 0 Å². The van der Waals surface area contributed by atoms with Gasteiger partial charge in [-0.3, -0.25) is 9.59 Å². The zero-order valence-electron chi connectivity index (χ0n) is 19.9. The molecule has 1 fully saturated rings. The maximum Gasteiger partial charge on any atom is 0.302 e. The lowest BCUT2D eigenvalue weighted by molar-refractivity contribution is -0.152. The third-order valence-corrected chi connectivity index (χ3v) is 5.09. The fraction of sp³-hybridized carbons (Fsp3) is 0.444. The minimum atomic E-state index is -1.09. The summed E-state index contributed by atoms with van der Waals surface area (Å²) in [5, 5.41) is 11.0. The smallest absolute Gasteiger partial charge is 0.302 e. The summed E-state index contributed by atoms with van der Waals surface area (Å²) in [6, 6.07) is 0. The molecule has 1 aliphatic rings. The number of rotatable bonds is 7. The van der Waals surface area contributed by atoms with Crippen molar-refractivity contribution in [2.45, 2.75) is 73.0 Å². The Bertz CT molecular complexity index is 862. The second-order valence-electron chi connectivity index (χ2n) is 9.06. The van der Waals surface area contributed by atoms with Crippen LogP contribution in [0.15, 0.2) is 76.6 Å². The van der Waals surface area contributed by atoms with Crippen molar-refractivity contribution in [1.29, 1.82) is 0 Å². The van der Waals surface area contributed by atoms with Gasteiger partial charge in [0.05, 0.1) is 5.60 Å². The van der Waals surface area contributed by atoms with Gasteiger partial charge in [-0.1, -0.05) is 62.0 Å². The lowest BCUT2D eigenvalue weighted by Crippen LogP contribution is -2.46. The Labute approximate surface area is 187 Å². The van der Waals surface area contributed by atoms with E-state index >= 15 is 0 Å². The van der Waals surface area contributed by atoms with E-state index < -0.39 is 5.60 Å². The lowest BCUT2D eigenvalue weighted by Gasteiger charge is -2.44. The summed E-state index contributed by atoms with van der Waals surface area (Å²) in [6.45, 7) is 13.0. The van der Waals surface area contributed by atoms with Gasteiger partial charge >= 0.3 is 5.97 Å². The molecule has 0 aromatic rings. The fourth-order valence-corrected chi connectivity index (χ4v) is 3.78. The van der Waals surface area contributed by atoms with E-state index in [4.69, 9.17) is 4.74 Å². The average molecular weight is 425 g/mol. The van der Waals surface area contributed by atoms with Gasteiger partial charge in [-0.05, 0) is 56.8 Å². The van der Waals surface area contributed by atoms with Gasteiger partial charge in [0.25, 0.3) is 0 Å². The van der Waals surface area contributed by atoms with E-state index in [1.165, 1.54) is 6.92 Å². The predicted octanol–water partition coefficient (Wildman–Crippen LogP) is 5.72. The molecule has 0 aliphatic heterocycles. The summed E-state index contributed by atoms with van der Waals surface area (Å²) in [5.41, 5.74) is 5.47. The molecule has 4 heteroatoms. The lowest BCUT2D eigenvalue weighted by atomic mass is 9.65. The number of carbonyl (C=O) groups is 2. The average Bonchev–Trinajstić information content (AvgIpc) is 2.62. The number of carbonyl (C=O) groups excluding carboxylic acids is 2. The molecule has 0 bridgehead atoms. The van der Waals surface area contributed by atoms with Crippen LogP contribution in [-0.4, -0.2) is 29.1 Å². The van der Waals surface area contributed by atoms with Gasteiger partial charge in [-0.2, -0.15) is 0 Å². The van der Waals surface area contributed by atoms with Crippen LogP contribution in [-0.2, 0) is 14.3 Å². The molecule has 0 saturated heterocycles. The molecule has 31 heavy (non-hydrogen) atoms. The number of allylic oxidation sites excluding steroid dienone is 10. The molecule has 0 aromatic carbocycles. The van der Waals surface area contributed by atoms with E-state index in [1.807, 2.05) is 70.2 Å². The van der Waals surface area contributed by atoms with Gasteiger partial charge < -0.3 is 9.84 Å². The van der Waals surface area contributed by atoms with Crippen LogP contribution in [0.1, 0.15) is 61.3 Å². The number of hydrogen-bond acceptors (Lipinski definition) is 4. The van der Waals surface area contributed by atoms with Crippen molar-refractivity contribution in [2.24, 2.45) is 5.41 Å². The maximum atomic E-state index is 11.3. The molecule has 2 atom stereocenters. The van der Waals surface area contributed by atoms with E-state index in [-0.39, 0.29) is 17.5 Å². The van der Waals surface area contributed by atoms with Gasteiger partial charge in [-0.15, -0.1) is 5.73 Å². The summed E-state index contributed by atoms with van der Waals surface area (Å²) in [5.74, 6) is -0.322. The summed E-state index contributed by atoms with van der Waals surface area (Å²) >= 11 is 0. The number of esters is 1. The molecule has 0 spiro atoms. The Kier molecular flexibility index (Phi) is 9.90. The van der Waals surface area contributed by atoms with Crippen LogP contribution in [0.3, 0.4) is 0 Å². The van der Waals surface area contributed by atoms with Gasteiger partial charge in [0, 0.05) is 18.9 Å². The van der Waals surface area contributed by atoms with Crippen LogP contribution in [0, 0.1) is 5.41 Å². The SMILES string of the molecule is CC(=O)O[C@H]1CC(C)(C)C(=C=C/C(C)=C/C=C/C(C)=C/C=C/C=C(\C)C=O)[C@](C)(O)C1. The van der Waals surface area contributed by atoms with Crippen molar-refractivity contribution in [3.8, 4) is 0 Å². The third-order valence-electron chi connectivity index (χ3n) is 5.09. The highest BCUT2D eigenvalue weighted by atomic mass is 16.5. The first-order chi connectivity index (χ1) is 14.4. The molecule has 1 saturated carbocycles. The third kappa shape index (κ3) is 9.33. The molecule has 0 unspecified atom stereocenters. The topological polar surface area (TPSA) is 63.6 Å². The largest absolute Gasteiger partial charge is 0.462 e. The molecule has 168 valence electrons. The van der Waals surface area contributed by atoms with Gasteiger partial charge in [-0.25, -0.2) is 0 Å². The van der Waals surface area contributed by atoms with Crippen LogP contribution < -0.4 is 0 Å². The highest BCUT2D eigenvalue weighted by molar-refractivity contribution is 5.72. The number of aliphatic hydroxyl groups is 1. The fourth-order valence-electron chi connectivity index (χ4n) is 3.78. The molecule has 0 radical (unpaired) electrons. The Morgan fingerprint density at radius 2 is 1.55 bits per heavy atom. The van der Waals surface area contributed by atoms with Crippen molar-refractivity contribution < 1.29 is 19.4 Å². The Morgan fingerprint density at radius 3 is 2.10 bits per heavy atom. The summed E-state index contributed by atoms with van der Waals surface area (Å²) < 4.78 is 5.36. The van der Waals surface area contributed by atoms with Gasteiger partial charge in [0.15, 0.2) is 0 Å². The Morgan fingerprint density at radius 1 is 0.968 bits per heavy atom. The van der Waals surface area contributed by atoms with E-state index in [0.29, 0.717) is 18.4 Å². The molecular formula is C27H36O4. The maximum absolute atomic E-state index is 11.3. The monoisotopic (exact) mass is 424 g/mol. The number of aldehydes is 1. The van der Waals surface area contributed by atoms with Crippen LogP contribution in [0.5, 0.6) is 0 Å². The molecule has 1 N–H and O–H groups in total. The molecule has 0 heterocycles. The van der Waals surface area contributed by atoms with E-state index in [2.05, 4.69) is 5.73 Å². The van der Waals surface area contributed by atoms with Crippen molar-refractivity contribution in [3.05, 3.63) is 76.6 Å². The first-order valence-corrected chi connectivity index (χ1v) is 10.6. The van der Waals surface area contributed by atoms with E-state index in [9.17, 15) is 14.7 Å². The Hall–Kier alpha value is -2.68. The molecule has 0 aromatic heterocycles. The van der Waals surface area contributed by atoms with E-state index in [1.54, 1.807) is 19.9 Å². The minimum absolute atomic E-state index is 0.297. The minimum Gasteiger partial charge on any atom is -0.462 e. The van der Waals surface area contributed by atoms with Gasteiger partial charge in [0.2, 0.25) is 0 Å². The standard InChI is InChI=1S/C27H36O4/c1-20(11-8-9-12-22(3)19-28)13-10-14-21(2)15-16-25-26(5,6)17-24(31-23(4)29)18-27(25,7)30/h8-15,19,24,30H,17-18H2,1-7H3/b9-8+,13-10+,20-11+,21-14+,22-12+/t16?,24-,27+/m0/s1. The van der Waals surface area contributed by atoms with Crippen LogP contribution >= 0.6 is 0 Å². The highest BCUT2D eigenvalue weighted by Gasteiger charge is 2.46. The second-order valence-corrected chi connectivity index (χ2v) is 9.06. The first kappa shape index (κ1) is 26.4. The van der Waals surface area contributed by atoms with Crippen molar-refractivity contribution >= 4 is 12.3 Å². The molecule has 1 rings (SSSR count). The zero-order valence-corrected chi connectivity index (χ0v) is 19.9. The molecule has 4 nitrogen and oxygen atoms in total. The van der Waals surface area contributed by atoms with Crippen molar-refractivity contribution in [1.82, 2.24) is 0 Å². The molecule has 0 amide bonds. The number of ether oxygens (including phenoxy) is 1. The normalized spacial score (nSPS) is 25.0. The highest BCUT2D eigenvalue weighted by Crippen LogP contribution is 2.46. The quantitative estimate of drug-likeness (QED) is 0.187. The van der Waals surface area contributed by atoms with Crippen molar-refractivity contribution in [2.75, 3.05) is 0 Å². The summed E-state index contributed by atoms with van der Waals surface area (Å²) in [6.07, 6.45) is 16.8. The van der Waals surface area contributed by atoms with Gasteiger partial charge in [0.1, 0.15) is 12.4 Å². The predicted molar refractivity (Wildman–Crippen MR) is 126 cm³/mol. The van der Waals surface area contributed by atoms with Crippen LogP contribution in [0.2, 0.25) is 0 Å².